The van der Waals surface area contributed by atoms with E-state index in [4.69, 9.17) is 5.73 Å². The molecule has 0 aliphatic carbocycles. The van der Waals surface area contributed by atoms with Crippen LogP contribution in [0.4, 0.5) is 13.2 Å². The summed E-state index contributed by atoms with van der Waals surface area (Å²) in [5.41, 5.74) is 5.91. The van der Waals surface area contributed by atoms with Crippen LogP contribution in [0, 0.1) is 5.92 Å². The van der Waals surface area contributed by atoms with E-state index in [1.165, 1.54) is 12.1 Å². The number of benzene rings is 1. The van der Waals surface area contributed by atoms with Gasteiger partial charge in [-0.05, 0) is 23.6 Å². The summed E-state index contributed by atoms with van der Waals surface area (Å²) < 4.78 is 36.7. The van der Waals surface area contributed by atoms with E-state index in [0.717, 1.165) is 17.7 Å². The van der Waals surface area contributed by atoms with Crippen molar-refractivity contribution in [2.75, 3.05) is 0 Å². The van der Waals surface area contributed by atoms with E-state index in [2.05, 4.69) is 0 Å². The summed E-state index contributed by atoms with van der Waals surface area (Å²) >= 11 is 0. The van der Waals surface area contributed by atoms with Gasteiger partial charge in [0.1, 0.15) is 0 Å². The molecule has 0 saturated carbocycles. The van der Waals surface area contributed by atoms with Crippen LogP contribution in [-0.4, -0.2) is 0 Å². The summed E-state index contributed by atoms with van der Waals surface area (Å²) in [5, 5.41) is 0. The molecule has 15 heavy (non-hydrogen) atoms. The molecule has 4 heteroatoms. The van der Waals surface area contributed by atoms with Crippen molar-refractivity contribution in [1.82, 2.24) is 0 Å². The first-order valence-corrected chi connectivity index (χ1v) is 4.75. The smallest absolute Gasteiger partial charge is 0.324 e. The van der Waals surface area contributed by atoms with Crippen LogP contribution in [0.5, 0.6) is 0 Å². The molecule has 0 saturated heterocycles. The molecule has 1 rings (SSSR count). The molecule has 0 amide bonds. The minimum Gasteiger partial charge on any atom is -0.324 e. The Morgan fingerprint density at radius 1 is 1.07 bits per heavy atom. The predicted molar refractivity (Wildman–Crippen MR) is 53.2 cm³/mol. The van der Waals surface area contributed by atoms with Crippen molar-refractivity contribution in [1.29, 1.82) is 0 Å². The van der Waals surface area contributed by atoms with E-state index < -0.39 is 11.7 Å². The highest BCUT2D eigenvalue weighted by atomic mass is 19.4. The Morgan fingerprint density at radius 2 is 1.53 bits per heavy atom. The number of hydrogen-bond acceptors (Lipinski definition) is 1. The van der Waals surface area contributed by atoms with Gasteiger partial charge in [0, 0.05) is 6.04 Å². The van der Waals surface area contributed by atoms with Crippen LogP contribution in [0.25, 0.3) is 0 Å². The molecule has 0 spiro atoms. The maximum Gasteiger partial charge on any atom is 0.416 e. The van der Waals surface area contributed by atoms with Gasteiger partial charge < -0.3 is 5.73 Å². The fourth-order valence-electron chi connectivity index (χ4n) is 1.28. The van der Waals surface area contributed by atoms with Crippen LogP contribution >= 0.6 is 0 Å². The lowest BCUT2D eigenvalue weighted by Crippen LogP contribution is -2.17. The average molecular weight is 217 g/mol. The molecule has 1 aromatic rings. The molecule has 1 atom stereocenters. The molecule has 84 valence electrons. The van der Waals surface area contributed by atoms with Gasteiger partial charge in [0.25, 0.3) is 0 Å². The van der Waals surface area contributed by atoms with E-state index in [9.17, 15) is 13.2 Å². The van der Waals surface area contributed by atoms with Gasteiger partial charge in [-0.25, -0.2) is 0 Å². The Labute approximate surface area is 87.1 Å². The fourth-order valence-corrected chi connectivity index (χ4v) is 1.28. The average Bonchev–Trinajstić information content (AvgIpc) is 2.15. The second-order valence-electron chi connectivity index (χ2n) is 3.89. The fraction of sp³-hybridized carbons (Fsp3) is 0.455. The van der Waals surface area contributed by atoms with E-state index in [1.54, 1.807) is 0 Å². The zero-order valence-electron chi connectivity index (χ0n) is 8.68. The van der Waals surface area contributed by atoms with Gasteiger partial charge in [-0.2, -0.15) is 13.2 Å². The molecule has 0 aliphatic heterocycles. The van der Waals surface area contributed by atoms with Crippen molar-refractivity contribution >= 4 is 0 Å². The third-order valence-electron chi connectivity index (χ3n) is 2.34. The third kappa shape index (κ3) is 2.96. The van der Waals surface area contributed by atoms with E-state index in [0.29, 0.717) is 0 Å². The molecule has 1 aromatic carbocycles. The first-order valence-electron chi connectivity index (χ1n) is 4.75. The molecular formula is C11H14F3N. The Morgan fingerprint density at radius 3 is 1.87 bits per heavy atom. The van der Waals surface area contributed by atoms with E-state index in [-0.39, 0.29) is 12.0 Å². The molecule has 1 unspecified atom stereocenters. The van der Waals surface area contributed by atoms with Crippen molar-refractivity contribution in [3.8, 4) is 0 Å². The largest absolute Gasteiger partial charge is 0.416 e. The van der Waals surface area contributed by atoms with Crippen molar-refractivity contribution < 1.29 is 13.2 Å². The van der Waals surface area contributed by atoms with E-state index in [1.807, 2.05) is 13.8 Å². The van der Waals surface area contributed by atoms with Crippen molar-refractivity contribution in [3.63, 3.8) is 0 Å². The summed E-state index contributed by atoms with van der Waals surface area (Å²) in [6, 6.07) is 4.79. The third-order valence-corrected chi connectivity index (χ3v) is 2.34. The van der Waals surface area contributed by atoms with Gasteiger partial charge in [0.15, 0.2) is 0 Å². The minimum absolute atomic E-state index is 0.210. The molecular weight excluding hydrogens is 203 g/mol. The SMILES string of the molecule is CC(C)C(N)c1ccc(C(F)(F)F)cc1. The van der Waals surface area contributed by atoms with Gasteiger partial charge in [0.2, 0.25) is 0 Å². The first kappa shape index (κ1) is 12.0. The van der Waals surface area contributed by atoms with Gasteiger partial charge in [-0.3, -0.25) is 0 Å². The quantitative estimate of drug-likeness (QED) is 0.807. The van der Waals surface area contributed by atoms with Crippen LogP contribution in [0.15, 0.2) is 24.3 Å². The summed E-state index contributed by atoms with van der Waals surface area (Å²) in [5.74, 6) is 0.210. The Hall–Kier alpha value is -1.03. The molecule has 0 fully saturated rings. The predicted octanol–water partition coefficient (Wildman–Crippen LogP) is 3.36. The normalized spacial score (nSPS) is 14.3. The second kappa shape index (κ2) is 4.23. The molecule has 0 radical (unpaired) electrons. The van der Waals surface area contributed by atoms with E-state index >= 15 is 0 Å². The Bertz CT molecular complexity index is 314. The zero-order chi connectivity index (χ0) is 11.6. The molecule has 0 heterocycles. The van der Waals surface area contributed by atoms with Crippen LogP contribution in [0.3, 0.4) is 0 Å². The lowest BCUT2D eigenvalue weighted by Gasteiger charge is -2.16. The van der Waals surface area contributed by atoms with Gasteiger partial charge in [0.05, 0.1) is 5.56 Å². The molecule has 0 bridgehead atoms. The molecule has 1 nitrogen and oxygen atoms in total. The molecule has 2 N–H and O–H groups in total. The van der Waals surface area contributed by atoms with Crippen molar-refractivity contribution in [3.05, 3.63) is 35.4 Å². The highest BCUT2D eigenvalue weighted by molar-refractivity contribution is 5.26. The summed E-state index contributed by atoms with van der Waals surface area (Å²) in [7, 11) is 0. The summed E-state index contributed by atoms with van der Waals surface area (Å²) in [6.45, 7) is 3.87. The topological polar surface area (TPSA) is 26.0 Å². The number of hydrogen-bond donors (Lipinski definition) is 1. The number of nitrogens with two attached hydrogens (primary N) is 1. The first-order chi connectivity index (χ1) is 6.82. The van der Waals surface area contributed by atoms with Crippen LogP contribution in [0.2, 0.25) is 0 Å². The van der Waals surface area contributed by atoms with Gasteiger partial charge in [-0.15, -0.1) is 0 Å². The second-order valence-corrected chi connectivity index (χ2v) is 3.89. The number of rotatable bonds is 2. The summed E-state index contributed by atoms with van der Waals surface area (Å²) in [6.07, 6.45) is -4.28. The van der Waals surface area contributed by atoms with Crippen molar-refractivity contribution in [2.45, 2.75) is 26.1 Å². The van der Waals surface area contributed by atoms with Crippen LogP contribution in [-0.2, 0) is 6.18 Å². The highest BCUT2D eigenvalue weighted by Crippen LogP contribution is 2.30. The maximum atomic E-state index is 12.2. The maximum absolute atomic E-state index is 12.2. The van der Waals surface area contributed by atoms with Crippen LogP contribution in [0.1, 0.15) is 31.0 Å². The standard InChI is InChI=1S/C11H14F3N/c1-7(2)10(15)8-3-5-9(6-4-8)11(12,13)14/h3-7,10H,15H2,1-2H3. The molecule has 0 aromatic heterocycles. The van der Waals surface area contributed by atoms with Gasteiger partial charge in [-0.1, -0.05) is 26.0 Å². The zero-order valence-corrected chi connectivity index (χ0v) is 8.68. The highest BCUT2D eigenvalue weighted by Gasteiger charge is 2.30. The lowest BCUT2D eigenvalue weighted by molar-refractivity contribution is -0.137. The molecule has 0 aliphatic rings. The number of alkyl halides is 3. The van der Waals surface area contributed by atoms with Crippen LogP contribution < -0.4 is 5.73 Å². The van der Waals surface area contributed by atoms with Crippen molar-refractivity contribution in [2.24, 2.45) is 11.7 Å². The Balaban J connectivity index is 2.91. The summed E-state index contributed by atoms with van der Waals surface area (Å²) in [4.78, 5) is 0. The number of halogens is 3. The minimum atomic E-state index is -4.28. The monoisotopic (exact) mass is 217 g/mol. The Kier molecular flexibility index (Phi) is 3.39. The van der Waals surface area contributed by atoms with Gasteiger partial charge >= 0.3 is 6.18 Å². The lowest BCUT2D eigenvalue weighted by atomic mass is 9.96.